The summed E-state index contributed by atoms with van der Waals surface area (Å²) in [6.45, 7) is 5.73. The molecule has 0 saturated carbocycles. The van der Waals surface area contributed by atoms with Gasteiger partial charge in [-0.05, 0) is 48.4 Å². The van der Waals surface area contributed by atoms with E-state index in [1.807, 2.05) is 42.5 Å². The largest absolute Gasteiger partial charge is 0.396 e. The Kier molecular flexibility index (Phi) is 7.09. The summed E-state index contributed by atoms with van der Waals surface area (Å²) in [6, 6.07) is 16.6. The third-order valence-corrected chi connectivity index (χ3v) is 5.94. The number of amides is 1. The Bertz CT molecular complexity index is 1070. The van der Waals surface area contributed by atoms with Crippen molar-refractivity contribution in [2.75, 3.05) is 31.6 Å². The van der Waals surface area contributed by atoms with Crippen molar-refractivity contribution in [1.29, 1.82) is 0 Å². The van der Waals surface area contributed by atoms with Crippen LogP contribution in [0.15, 0.2) is 54.6 Å². The van der Waals surface area contributed by atoms with Gasteiger partial charge in [0, 0.05) is 57.7 Å². The van der Waals surface area contributed by atoms with Crippen LogP contribution < -0.4 is 5.32 Å². The number of hydrogen-bond acceptors (Lipinski definition) is 5. The second-order valence-electron chi connectivity index (χ2n) is 8.35. The number of piperazine rings is 1. The normalized spacial score (nSPS) is 17.5. The monoisotopic (exact) mass is 436 g/mol. The minimum absolute atomic E-state index is 0.102. The van der Waals surface area contributed by atoms with E-state index in [1.165, 1.54) is 19.1 Å². The van der Waals surface area contributed by atoms with Crippen LogP contribution in [0.25, 0.3) is 10.9 Å². The number of anilines is 1. The van der Waals surface area contributed by atoms with Crippen molar-refractivity contribution in [3.05, 3.63) is 71.7 Å². The molecular weight excluding hydrogens is 407 g/mol. The van der Waals surface area contributed by atoms with E-state index in [9.17, 15) is 14.3 Å². The number of rotatable bonds is 7. The lowest BCUT2D eigenvalue weighted by molar-refractivity contribution is -0.114. The fourth-order valence-corrected chi connectivity index (χ4v) is 4.37. The van der Waals surface area contributed by atoms with Crippen LogP contribution >= 0.6 is 0 Å². The molecule has 168 valence electrons. The Morgan fingerprint density at radius 2 is 1.94 bits per heavy atom. The number of pyridine rings is 1. The molecule has 2 aromatic carbocycles. The highest BCUT2D eigenvalue weighted by Crippen LogP contribution is 2.24. The lowest BCUT2D eigenvalue weighted by atomic mass is 10.1. The first kappa shape index (κ1) is 22.3. The molecule has 0 aliphatic carbocycles. The van der Waals surface area contributed by atoms with E-state index in [4.69, 9.17) is 4.98 Å². The third kappa shape index (κ3) is 5.48. The Labute approximate surface area is 187 Å². The third-order valence-electron chi connectivity index (χ3n) is 5.94. The Morgan fingerprint density at radius 1 is 1.12 bits per heavy atom. The Balaban J connectivity index is 1.44. The Morgan fingerprint density at radius 3 is 2.69 bits per heavy atom. The maximum absolute atomic E-state index is 13.2. The average Bonchev–Trinajstić information content (AvgIpc) is 2.77. The van der Waals surface area contributed by atoms with Crippen LogP contribution in [0, 0.1) is 5.82 Å². The van der Waals surface area contributed by atoms with E-state index < -0.39 is 0 Å². The van der Waals surface area contributed by atoms with Crippen LogP contribution in [0.3, 0.4) is 0 Å². The molecule has 2 N–H and O–H groups in total. The van der Waals surface area contributed by atoms with Gasteiger partial charge in [-0.15, -0.1) is 0 Å². The summed E-state index contributed by atoms with van der Waals surface area (Å²) in [5.74, 6) is -0.326. The van der Waals surface area contributed by atoms with E-state index in [0.29, 0.717) is 6.42 Å². The second-order valence-corrected chi connectivity index (χ2v) is 8.35. The lowest BCUT2D eigenvalue weighted by Crippen LogP contribution is -2.52. The van der Waals surface area contributed by atoms with Crippen molar-refractivity contribution in [1.82, 2.24) is 14.8 Å². The van der Waals surface area contributed by atoms with Crippen molar-refractivity contribution in [3.8, 4) is 0 Å². The van der Waals surface area contributed by atoms with Gasteiger partial charge in [-0.3, -0.25) is 19.6 Å². The molecule has 4 rings (SSSR count). The number of aliphatic hydroxyl groups excluding tert-OH is 1. The average molecular weight is 437 g/mol. The highest BCUT2D eigenvalue weighted by atomic mass is 19.1. The highest BCUT2D eigenvalue weighted by molar-refractivity contribution is 6.00. The van der Waals surface area contributed by atoms with E-state index >= 15 is 0 Å². The lowest BCUT2D eigenvalue weighted by Gasteiger charge is -2.41. The summed E-state index contributed by atoms with van der Waals surface area (Å²) in [7, 11) is 0. The predicted octanol–water partition coefficient (Wildman–Crippen LogP) is 3.40. The van der Waals surface area contributed by atoms with Crippen LogP contribution in [0.2, 0.25) is 0 Å². The van der Waals surface area contributed by atoms with Gasteiger partial charge in [0.2, 0.25) is 5.91 Å². The van der Waals surface area contributed by atoms with Crippen LogP contribution in [0.5, 0.6) is 0 Å². The molecule has 1 saturated heterocycles. The van der Waals surface area contributed by atoms with Gasteiger partial charge in [0.1, 0.15) is 5.82 Å². The summed E-state index contributed by atoms with van der Waals surface area (Å²) in [6.07, 6.45) is 0.697. The molecule has 1 fully saturated rings. The molecular formula is C25H29FN4O2. The quantitative estimate of drug-likeness (QED) is 0.594. The molecule has 1 amide bonds. The number of halogens is 1. The van der Waals surface area contributed by atoms with E-state index in [0.717, 1.165) is 60.6 Å². The maximum atomic E-state index is 13.2. The first-order valence-electron chi connectivity index (χ1n) is 11.0. The highest BCUT2D eigenvalue weighted by Gasteiger charge is 2.27. The molecule has 1 aliphatic rings. The molecule has 1 aliphatic heterocycles. The van der Waals surface area contributed by atoms with Crippen molar-refractivity contribution in [2.24, 2.45) is 0 Å². The summed E-state index contributed by atoms with van der Waals surface area (Å²) in [5.41, 5.74) is 3.68. The summed E-state index contributed by atoms with van der Waals surface area (Å²) < 4.78 is 13.2. The minimum atomic E-state index is -0.224. The zero-order valence-electron chi connectivity index (χ0n) is 18.3. The predicted molar refractivity (Wildman–Crippen MR) is 124 cm³/mol. The number of aliphatic hydroxyl groups is 1. The molecule has 3 aromatic rings. The summed E-state index contributed by atoms with van der Waals surface area (Å²) >= 11 is 0. The maximum Gasteiger partial charge on any atom is 0.221 e. The second kappa shape index (κ2) is 10.2. The molecule has 32 heavy (non-hydrogen) atoms. The molecule has 6 nitrogen and oxygen atoms in total. The molecule has 0 radical (unpaired) electrons. The van der Waals surface area contributed by atoms with Crippen molar-refractivity contribution in [3.63, 3.8) is 0 Å². The first-order valence-corrected chi connectivity index (χ1v) is 11.0. The Hall–Kier alpha value is -2.87. The van der Waals surface area contributed by atoms with Gasteiger partial charge in [-0.25, -0.2) is 4.39 Å². The SMILES string of the molecule is CC(=O)Nc1cccc2nc(CN3CCN(Cc4ccc(F)cc4)C(CCO)C3)ccc12. The van der Waals surface area contributed by atoms with E-state index in [-0.39, 0.29) is 24.4 Å². The molecule has 1 aromatic heterocycles. The van der Waals surface area contributed by atoms with Gasteiger partial charge < -0.3 is 10.4 Å². The standard InChI is InChI=1S/C25H29FN4O2/c1-18(32)27-24-3-2-4-25-23(24)10-9-21(28-25)16-29-12-13-30(22(17-29)11-14-31)15-19-5-7-20(26)8-6-19/h2-10,22,31H,11-17H2,1H3,(H,27,32). The topological polar surface area (TPSA) is 68.7 Å². The fourth-order valence-electron chi connectivity index (χ4n) is 4.37. The van der Waals surface area contributed by atoms with E-state index in [1.54, 1.807) is 0 Å². The number of nitrogens with zero attached hydrogens (tertiary/aromatic N) is 3. The molecule has 1 unspecified atom stereocenters. The van der Waals surface area contributed by atoms with Gasteiger partial charge in [-0.2, -0.15) is 0 Å². The number of carbonyl (C=O) groups excluding carboxylic acids is 1. The number of hydrogen-bond donors (Lipinski definition) is 2. The number of carbonyl (C=O) groups is 1. The molecule has 2 heterocycles. The van der Waals surface area contributed by atoms with Crippen molar-refractivity contribution in [2.45, 2.75) is 32.5 Å². The van der Waals surface area contributed by atoms with Gasteiger partial charge in [-0.1, -0.05) is 18.2 Å². The summed E-state index contributed by atoms with van der Waals surface area (Å²) in [4.78, 5) is 21.0. The van der Waals surface area contributed by atoms with Gasteiger partial charge in [0.25, 0.3) is 0 Å². The molecule has 7 heteroatoms. The molecule has 0 spiro atoms. The van der Waals surface area contributed by atoms with Gasteiger partial charge >= 0.3 is 0 Å². The van der Waals surface area contributed by atoms with Crippen molar-refractivity contribution >= 4 is 22.5 Å². The smallest absolute Gasteiger partial charge is 0.221 e. The molecule has 1 atom stereocenters. The summed E-state index contributed by atoms with van der Waals surface area (Å²) in [5, 5.41) is 13.4. The zero-order chi connectivity index (χ0) is 22.5. The number of fused-ring (bicyclic) bond motifs is 1. The minimum Gasteiger partial charge on any atom is -0.396 e. The van der Waals surface area contributed by atoms with Crippen LogP contribution in [0.1, 0.15) is 24.6 Å². The number of benzene rings is 2. The number of aromatic nitrogens is 1. The van der Waals surface area contributed by atoms with Gasteiger partial charge in [0.05, 0.1) is 16.9 Å². The van der Waals surface area contributed by atoms with Crippen LogP contribution in [0.4, 0.5) is 10.1 Å². The van der Waals surface area contributed by atoms with Crippen molar-refractivity contribution < 1.29 is 14.3 Å². The number of nitrogens with one attached hydrogen (secondary N) is 1. The van der Waals surface area contributed by atoms with E-state index in [2.05, 4.69) is 15.1 Å². The fraction of sp³-hybridized carbons (Fsp3) is 0.360. The zero-order valence-corrected chi connectivity index (χ0v) is 18.3. The molecule has 0 bridgehead atoms. The van der Waals surface area contributed by atoms with Gasteiger partial charge in [0.15, 0.2) is 0 Å². The van der Waals surface area contributed by atoms with Crippen LogP contribution in [-0.4, -0.2) is 58.1 Å². The first-order chi connectivity index (χ1) is 15.5. The van der Waals surface area contributed by atoms with Crippen LogP contribution in [-0.2, 0) is 17.9 Å².